The van der Waals surface area contributed by atoms with Crippen LogP contribution in [0.3, 0.4) is 0 Å². The Balaban J connectivity index is 2.15. The minimum atomic E-state index is 0.992. The first-order valence-electron chi connectivity index (χ1n) is 6.14. The lowest BCUT2D eigenvalue weighted by Gasteiger charge is -2.11. The van der Waals surface area contributed by atoms with Crippen molar-refractivity contribution >= 4 is 40.2 Å². The van der Waals surface area contributed by atoms with E-state index in [0.717, 1.165) is 11.3 Å². The maximum Gasteiger partial charge on any atom is 0.0640 e. The van der Waals surface area contributed by atoms with E-state index in [1.54, 1.807) is 0 Å². The van der Waals surface area contributed by atoms with E-state index in [9.17, 15) is 0 Å². The van der Waals surface area contributed by atoms with Crippen molar-refractivity contribution in [2.45, 2.75) is 6.92 Å². The molecule has 0 N–H and O–H groups in total. The zero-order chi connectivity index (χ0) is 13.8. The van der Waals surface area contributed by atoms with E-state index in [0.29, 0.717) is 0 Å². The zero-order valence-corrected chi connectivity index (χ0v) is 13.5. The van der Waals surface area contributed by atoms with E-state index in [4.69, 9.17) is 0 Å². The van der Waals surface area contributed by atoms with Gasteiger partial charge in [0.15, 0.2) is 0 Å². The molecule has 0 aliphatic carbocycles. The number of anilines is 1. The number of hydrogen-bond donors (Lipinski definition) is 0. The van der Waals surface area contributed by atoms with Gasteiger partial charge in [-0.3, -0.25) is 4.99 Å². The molecule has 98 valence electrons. The van der Waals surface area contributed by atoms with Gasteiger partial charge in [-0.1, -0.05) is 18.2 Å². The standard InChI is InChI=1S/C16H17IN2/c1-12-4-7-14(10-16(12)17)18-11-13-5-8-15(9-6-13)19(2)3/h4-11H,1-3H3. The van der Waals surface area contributed by atoms with Crippen LogP contribution in [-0.4, -0.2) is 20.3 Å². The first-order valence-corrected chi connectivity index (χ1v) is 7.22. The lowest BCUT2D eigenvalue weighted by molar-refractivity contribution is 1.13. The number of aliphatic imine (C=N–C) groups is 1. The van der Waals surface area contributed by atoms with Crippen LogP contribution in [0.5, 0.6) is 0 Å². The van der Waals surface area contributed by atoms with Crippen LogP contribution in [0.4, 0.5) is 11.4 Å². The second kappa shape index (κ2) is 6.19. The highest BCUT2D eigenvalue weighted by atomic mass is 127. The fourth-order valence-electron chi connectivity index (χ4n) is 1.67. The van der Waals surface area contributed by atoms with Crippen molar-refractivity contribution in [3.05, 3.63) is 57.2 Å². The van der Waals surface area contributed by atoms with Gasteiger partial charge >= 0.3 is 0 Å². The molecule has 0 bridgehead atoms. The third-order valence-corrected chi connectivity index (χ3v) is 4.09. The molecule has 19 heavy (non-hydrogen) atoms. The normalized spacial score (nSPS) is 10.9. The third-order valence-electron chi connectivity index (χ3n) is 2.93. The van der Waals surface area contributed by atoms with Gasteiger partial charge in [-0.25, -0.2) is 0 Å². The summed E-state index contributed by atoms with van der Waals surface area (Å²) in [6.45, 7) is 2.11. The van der Waals surface area contributed by atoms with Crippen molar-refractivity contribution in [3.8, 4) is 0 Å². The van der Waals surface area contributed by atoms with Crippen molar-refractivity contribution < 1.29 is 0 Å². The fraction of sp³-hybridized carbons (Fsp3) is 0.188. The fourth-order valence-corrected chi connectivity index (χ4v) is 2.17. The maximum atomic E-state index is 4.51. The van der Waals surface area contributed by atoms with E-state index >= 15 is 0 Å². The Hall–Kier alpha value is -1.36. The quantitative estimate of drug-likeness (QED) is 0.582. The molecule has 0 aliphatic heterocycles. The number of hydrogen-bond acceptors (Lipinski definition) is 2. The molecule has 0 amide bonds. The molecular weight excluding hydrogens is 347 g/mol. The van der Waals surface area contributed by atoms with Crippen LogP contribution in [0.1, 0.15) is 11.1 Å². The molecule has 0 radical (unpaired) electrons. The summed E-state index contributed by atoms with van der Waals surface area (Å²) < 4.78 is 1.25. The Kier molecular flexibility index (Phi) is 4.58. The molecule has 3 heteroatoms. The lowest BCUT2D eigenvalue weighted by atomic mass is 10.2. The van der Waals surface area contributed by atoms with Crippen LogP contribution in [0.15, 0.2) is 47.5 Å². The van der Waals surface area contributed by atoms with Gasteiger partial charge in [0.1, 0.15) is 0 Å². The number of benzene rings is 2. The Morgan fingerprint density at radius 3 is 2.32 bits per heavy atom. The van der Waals surface area contributed by atoms with Crippen LogP contribution < -0.4 is 4.90 Å². The second-order valence-corrected chi connectivity index (χ2v) is 5.84. The van der Waals surface area contributed by atoms with Crippen LogP contribution in [-0.2, 0) is 0 Å². The van der Waals surface area contributed by atoms with Gasteiger partial charge in [-0.2, -0.15) is 0 Å². The minimum absolute atomic E-state index is 0.992. The maximum absolute atomic E-state index is 4.51. The molecule has 0 atom stereocenters. The van der Waals surface area contributed by atoms with Crippen LogP contribution in [0.2, 0.25) is 0 Å². The summed E-state index contributed by atoms with van der Waals surface area (Å²) in [6.07, 6.45) is 1.90. The van der Waals surface area contributed by atoms with Gasteiger partial charge in [0.25, 0.3) is 0 Å². The second-order valence-electron chi connectivity index (χ2n) is 4.68. The lowest BCUT2D eigenvalue weighted by Crippen LogP contribution is -2.08. The molecule has 0 heterocycles. The van der Waals surface area contributed by atoms with Gasteiger partial charge in [0.2, 0.25) is 0 Å². The number of nitrogens with zero attached hydrogens (tertiary/aromatic N) is 2. The average Bonchev–Trinajstić information content (AvgIpc) is 2.40. The highest BCUT2D eigenvalue weighted by molar-refractivity contribution is 14.1. The predicted octanol–water partition coefficient (Wildman–Crippen LogP) is 4.42. The van der Waals surface area contributed by atoms with Gasteiger partial charge in [0.05, 0.1) is 5.69 Å². The average molecular weight is 364 g/mol. The summed E-state index contributed by atoms with van der Waals surface area (Å²) in [5, 5.41) is 0. The van der Waals surface area contributed by atoms with E-state index in [1.165, 1.54) is 14.8 Å². The van der Waals surface area contributed by atoms with E-state index in [1.807, 2.05) is 26.4 Å². The molecule has 0 aliphatic rings. The number of aryl methyl sites for hydroxylation is 1. The largest absolute Gasteiger partial charge is 0.378 e. The highest BCUT2D eigenvalue weighted by Gasteiger charge is 1.96. The number of rotatable bonds is 3. The van der Waals surface area contributed by atoms with Crippen molar-refractivity contribution in [3.63, 3.8) is 0 Å². The molecular formula is C16H17IN2. The molecule has 0 saturated heterocycles. The van der Waals surface area contributed by atoms with E-state index in [-0.39, 0.29) is 0 Å². The summed E-state index contributed by atoms with van der Waals surface area (Å²) in [5.74, 6) is 0. The van der Waals surface area contributed by atoms with Crippen molar-refractivity contribution in [1.82, 2.24) is 0 Å². The molecule has 0 aromatic heterocycles. The summed E-state index contributed by atoms with van der Waals surface area (Å²) in [6, 6.07) is 14.6. The topological polar surface area (TPSA) is 15.6 Å². The molecule has 0 spiro atoms. The monoisotopic (exact) mass is 364 g/mol. The van der Waals surface area contributed by atoms with Gasteiger partial charge < -0.3 is 4.90 Å². The Bertz CT molecular complexity index is 586. The van der Waals surface area contributed by atoms with Crippen LogP contribution in [0.25, 0.3) is 0 Å². The third kappa shape index (κ3) is 3.80. The summed E-state index contributed by atoms with van der Waals surface area (Å²) in [4.78, 5) is 6.60. The minimum Gasteiger partial charge on any atom is -0.378 e. The smallest absolute Gasteiger partial charge is 0.0640 e. The molecule has 2 aromatic rings. The molecule has 0 unspecified atom stereocenters. The molecule has 0 saturated carbocycles. The van der Waals surface area contributed by atoms with Crippen molar-refractivity contribution in [2.75, 3.05) is 19.0 Å². The van der Waals surface area contributed by atoms with Crippen LogP contribution in [0, 0.1) is 10.5 Å². The molecule has 2 nitrogen and oxygen atoms in total. The summed E-state index contributed by atoms with van der Waals surface area (Å²) >= 11 is 2.34. The van der Waals surface area contributed by atoms with Gasteiger partial charge in [0, 0.05) is 29.6 Å². The Morgan fingerprint density at radius 1 is 1.05 bits per heavy atom. The summed E-state index contributed by atoms with van der Waals surface area (Å²) in [5.41, 5.74) is 4.59. The van der Waals surface area contributed by atoms with E-state index < -0.39 is 0 Å². The first-order chi connectivity index (χ1) is 9.06. The molecule has 2 aromatic carbocycles. The number of halogens is 1. The van der Waals surface area contributed by atoms with E-state index in [2.05, 4.69) is 75.8 Å². The van der Waals surface area contributed by atoms with Crippen molar-refractivity contribution in [2.24, 2.45) is 4.99 Å². The SMILES string of the molecule is Cc1ccc(N=Cc2ccc(N(C)C)cc2)cc1I. The molecule has 2 rings (SSSR count). The highest BCUT2D eigenvalue weighted by Crippen LogP contribution is 2.19. The predicted molar refractivity (Wildman–Crippen MR) is 91.9 cm³/mol. The Labute approximate surface area is 128 Å². The van der Waals surface area contributed by atoms with Gasteiger partial charge in [-0.05, 0) is 64.9 Å². The first kappa shape index (κ1) is 14.1. The zero-order valence-electron chi connectivity index (χ0n) is 11.4. The van der Waals surface area contributed by atoms with Crippen molar-refractivity contribution in [1.29, 1.82) is 0 Å². The molecule has 0 fully saturated rings. The Morgan fingerprint density at radius 2 is 1.74 bits per heavy atom. The summed E-state index contributed by atoms with van der Waals surface area (Å²) in [7, 11) is 4.08. The van der Waals surface area contributed by atoms with Crippen LogP contribution >= 0.6 is 22.6 Å². The van der Waals surface area contributed by atoms with Gasteiger partial charge in [-0.15, -0.1) is 0 Å².